The Kier molecular flexibility index (Phi) is 64.0. The van der Waals surface area contributed by atoms with Crippen LogP contribution in [0.3, 0.4) is 0 Å². The second-order valence-electron chi connectivity index (χ2n) is 26.5. The van der Waals surface area contributed by atoms with Gasteiger partial charge in [-0.05, 0) is 31.6 Å². The van der Waals surface area contributed by atoms with Crippen molar-refractivity contribution in [3.05, 3.63) is 0 Å². The third-order valence-corrected chi connectivity index (χ3v) is 18.7. The minimum Gasteiger partial charge on any atom is -0.462 e. The molecule has 17 nitrogen and oxygen atoms in total. The molecule has 0 radical (unpaired) electrons. The summed E-state index contributed by atoms with van der Waals surface area (Å²) in [5.74, 6) is -1.43. The molecule has 0 rings (SSSR count). The van der Waals surface area contributed by atoms with Crippen molar-refractivity contribution in [3.63, 3.8) is 0 Å². The normalized spacial score (nSPS) is 14.0. The number of unbranched alkanes of at least 4 members (excludes halogenated alkanes) is 44. The lowest BCUT2D eigenvalue weighted by atomic mass is 10.0. The highest BCUT2D eigenvalue weighted by Crippen LogP contribution is 2.45. The molecule has 19 heteroatoms. The summed E-state index contributed by atoms with van der Waals surface area (Å²) in [6, 6.07) is 0. The first-order chi connectivity index (χ1) is 44.0. The first-order valence-electron chi connectivity index (χ1n) is 37.6. The number of carbonyl (C=O) groups excluding carboxylic acids is 4. The highest BCUT2D eigenvalue weighted by Gasteiger charge is 2.30. The zero-order valence-corrected chi connectivity index (χ0v) is 60.8. The Labute approximate surface area is 556 Å². The quantitative estimate of drug-likeness (QED) is 0.0222. The first kappa shape index (κ1) is 89.1. The van der Waals surface area contributed by atoms with E-state index in [0.717, 1.165) is 89.9 Å². The standard InChI is InChI=1S/C72H140O17P2/c1-6-9-12-15-18-21-24-25-26-27-28-29-30-31-32-34-37-42-47-52-57-71(76)88-67(61-83-70(75)56-51-46-41-36-33-22-19-16-13-10-7-2)63-86-90(78,79)84-59-66(73)60-85-91(80,81)87-64-68(89-72(77)58-53-48-43-38-39-44-49-54-65(4)5)62-82-69(74)55-50-45-40-35-23-20-17-14-11-8-3/h65-68,73H,6-64H2,1-5H3,(H,78,79)(H,80,81)/t66-,67-,68-/m1/s1. The van der Waals surface area contributed by atoms with Gasteiger partial charge < -0.3 is 33.8 Å². The molecule has 0 saturated heterocycles. The van der Waals surface area contributed by atoms with E-state index in [1.807, 2.05) is 0 Å². The highest BCUT2D eigenvalue weighted by molar-refractivity contribution is 7.47. The molecular formula is C72H140O17P2. The summed E-state index contributed by atoms with van der Waals surface area (Å²) in [5.41, 5.74) is 0. The molecule has 0 amide bonds. The lowest BCUT2D eigenvalue weighted by Gasteiger charge is -2.21. The zero-order valence-electron chi connectivity index (χ0n) is 59.0. The number of aliphatic hydroxyl groups excluding tert-OH is 1. The van der Waals surface area contributed by atoms with Crippen LogP contribution in [-0.2, 0) is 65.4 Å². The molecule has 0 spiro atoms. The molecule has 0 saturated carbocycles. The number of phosphoric acid groups is 2. The van der Waals surface area contributed by atoms with Gasteiger partial charge in [0.1, 0.15) is 19.3 Å². The number of phosphoric ester groups is 2. The summed E-state index contributed by atoms with van der Waals surface area (Å²) in [4.78, 5) is 72.5. The van der Waals surface area contributed by atoms with Crippen molar-refractivity contribution in [1.82, 2.24) is 0 Å². The molecule has 0 aliphatic heterocycles. The predicted octanol–water partition coefficient (Wildman–Crippen LogP) is 20.9. The average Bonchev–Trinajstić information content (AvgIpc) is 3.28. The van der Waals surface area contributed by atoms with E-state index in [-0.39, 0.29) is 25.7 Å². The second-order valence-corrected chi connectivity index (χ2v) is 29.4. The SMILES string of the molecule is CCCCCCCCCCCCCCCCCCCCCCC(=O)O[C@H](COC(=O)CCCCCCCCCCCCC)COP(=O)(O)OC[C@@H](O)COP(=O)(O)OC[C@@H](COC(=O)CCCCCCCCCCCC)OC(=O)CCCCCCCCCC(C)C. The van der Waals surface area contributed by atoms with Gasteiger partial charge in [-0.1, -0.05) is 324 Å². The molecule has 0 aliphatic carbocycles. The summed E-state index contributed by atoms with van der Waals surface area (Å²) in [6.07, 6.45) is 52.9. The van der Waals surface area contributed by atoms with Crippen LogP contribution < -0.4 is 0 Å². The number of hydrogen-bond donors (Lipinski definition) is 3. The third kappa shape index (κ3) is 66.5. The Morgan fingerprint density at radius 3 is 0.747 bits per heavy atom. The molecule has 5 atom stereocenters. The van der Waals surface area contributed by atoms with Crippen LogP contribution in [0.5, 0.6) is 0 Å². The second kappa shape index (κ2) is 65.4. The molecule has 2 unspecified atom stereocenters. The Balaban J connectivity index is 5.17. The van der Waals surface area contributed by atoms with Crippen molar-refractivity contribution in [2.24, 2.45) is 5.92 Å². The van der Waals surface area contributed by atoms with Gasteiger partial charge in [0.05, 0.1) is 26.4 Å². The lowest BCUT2D eigenvalue weighted by molar-refractivity contribution is -0.161. The fraction of sp³-hybridized carbons (Fsp3) is 0.944. The van der Waals surface area contributed by atoms with Crippen LogP contribution in [0.25, 0.3) is 0 Å². The Morgan fingerprint density at radius 2 is 0.505 bits per heavy atom. The van der Waals surface area contributed by atoms with Gasteiger partial charge in [0.2, 0.25) is 0 Å². The Morgan fingerprint density at radius 1 is 0.297 bits per heavy atom. The Bertz CT molecular complexity index is 1750. The van der Waals surface area contributed by atoms with Crippen LogP contribution in [0.4, 0.5) is 0 Å². The maximum atomic E-state index is 13.0. The van der Waals surface area contributed by atoms with Crippen molar-refractivity contribution in [1.29, 1.82) is 0 Å². The maximum absolute atomic E-state index is 13.0. The maximum Gasteiger partial charge on any atom is 0.472 e. The van der Waals surface area contributed by atoms with E-state index in [4.69, 9.17) is 37.0 Å². The number of ether oxygens (including phenoxy) is 4. The molecule has 0 aromatic carbocycles. The summed E-state index contributed by atoms with van der Waals surface area (Å²) >= 11 is 0. The Hall–Kier alpha value is -1.94. The molecule has 0 fully saturated rings. The topological polar surface area (TPSA) is 237 Å². The molecule has 0 aromatic rings. The summed E-state index contributed by atoms with van der Waals surface area (Å²) in [5, 5.41) is 10.6. The summed E-state index contributed by atoms with van der Waals surface area (Å²) in [7, 11) is -9.90. The lowest BCUT2D eigenvalue weighted by Crippen LogP contribution is -2.30. The van der Waals surface area contributed by atoms with Gasteiger partial charge in [-0.25, -0.2) is 9.13 Å². The van der Waals surface area contributed by atoms with Crippen molar-refractivity contribution < 1.29 is 80.2 Å². The molecule has 3 N–H and O–H groups in total. The van der Waals surface area contributed by atoms with Crippen LogP contribution in [0.2, 0.25) is 0 Å². The van der Waals surface area contributed by atoms with Crippen LogP contribution in [-0.4, -0.2) is 96.7 Å². The molecule has 0 heterocycles. The van der Waals surface area contributed by atoms with Gasteiger partial charge >= 0.3 is 39.5 Å². The van der Waals surface area contributed by atoms with E-state index in [1.54, 1.807) is 0 Å². The van der Waals surface area contributed by atoms with Crippen molar-refractivity contribution >= 4 is 39.5 Å². The highest BCUT2D eigenvalue weighted by atomic mass is 31.2. The van der Waals surface area contributed by atoms with Crippen molar-refractivity contribution in [3.8, 4) is 0 Å². The van der Waals surface area contributed by atoms with Gasteiger partial charge in [-0.15, -0.1) is 0 Å². The van der Waals surface area contributed by atoms with Gasteiger partial charge in [0.25, 0.3) is 0 Å². The van der Waals surface area contributed by atoms with Gasteiger partial charge in [0.15, 0.2) is 12.2 Å². The number of esters is 4. The van der Waals surface area contributed by atoms with E-state index in [0.29, 0.717) is 31.6 Å². The molecular weight excluding hydrogens is 1200 g/mol. The van der Waals surface area contributed by atoms with Crippen LogP contribution in [0.1, 0.15) is 375 Å². The fourth-order valence-electron chi connectivity index (χ4n) is 11.0. The van der Waals surface area contributed by atoms with Crippen LogP contribution >= 0.6 is 15.6 Å². The average molecular weight is 1340 g/mol. The number of hydrogen-bond acceptors (Lipinski definition) is 15. The molecule has 0 aromatic heterocycles. The summed E-state index contributed by atoms with van der Waals surface area (Å²) < 4.78 is 68.3. The van der Waals surface area contributed by atoms with E-state index in [9.17, 15) is 43.2 Å². The third-order valence-electron chi connectivity index (χ3n) is 16.8. The van der Waals surface area contributed by atoms with Crippen LogP contribution in [0, 0.1) is 5.92 Å². The van der Waals surface area contributed by atoms with Gasteiger partial charge in [-0.3, -0.25) is 37.3 Å². The van der Waals surface area contributed by atoms with E-state index in [1.165, 1.54) is 199 Å². The smallest absolute Gasteiger partial charge is 0.462 e. The molecule has 0 bridgehead atoms. The monoisotopic (exact) mass is 1340 g/mol. The zero-order chi connectivity index (χ0) is 67.0. The molecule has 91 heavy (non-hydrogen) atoms. The minimum atomic E-state index is -4.95. The van der Waals surface area contributed by atoms with Gasteiger partial charge in [0, 0.05) is 25.7 Å². The summed E-state index contributed by atoms with van der Waals surface area (Å²) in [6.45, 7) is 7.18. The molecule has 0 aliphatic rings. The van der Waals surface area contributed by atoms with E-state index >= 15 is 0 Å². The van der Waals surface area contributed by atoms with Crippen LogP contribution in [0.15, 0.2) is 0 Å². The number of aliphatic hydroxyl groups is 1. The fourth-order valence-corrected chi connectivity index (χ4v) is 12.6. The first-order valence-corrected chi connectivity index (χ1v) is 40.6. The van der Waals surface area contributed by atoms with Crippen molar-refractivity contribution in [2.45, 2.75) is 393 Å². The number of rotatable bonds is 72. The molecule has 540 valence electrons. The minimum absolute atomic E-state index is 0.104. The van der Waals surface area contributed by atoms with Crippen molar-refractivity contribution in [2.75, 3.05) is 39.6 Å². The van der Waals surface area contributed by atoms with E-state index in [2.05, 4.69) is 34.6 Å². The van der Waals surface area contributed by atoms with Gasteiger partial charge in [-0.2, -0.15) is 0 Å². The largest absolute Gasteiger partial charge is 0.472 e. The predicted molar refractivity (Wildman–Crippen MR) is 368 cm³/mol. The number of carbonyl (C=O) groups is 4. The van der Waals surface area contributed by atoms with E-state index < -0.39 is 97.5 Å².